The number of hydrogen-bond donors (Lipinski definition) is 0. The van der Waals surface area contributed by atoms with Crippen molar-refractivity contribution in [2.75, 3.05) is 0 Å². The van der Waals surface area contributed by atoms with Crippen molar-refractivity contribution in [1.82, 2.24) is 0 Å². The molecular weight excluding hydrogens is 336 g/mol. The fourth-order valence-electron chi connectivity index (χ4n) is 6.09. The summed E-state index contributed by atoms with van der Waals surface area (Å²) in [7, 11) is 0. The first kappa shape index (κ1) is 19.5. The molecule has 0 saturated carbocycles. The van der Waals surface area contributed by atoms with Gasteiger partial charge in [-0.25, -0.2) is 0 Å². The van der Waals surface area contributed by atoms with Crippen LogP contribution in [0.25, 0.3) is 21.5 Å². The molecule has 1 aliphatic carbocycles. The maximum absolute atomic E-state index is 2.47. The molecule has 148 valence electrons. The second kappa shape index (κ2) is 6.61. The van der Waals surface area contributed by atoms with Gasteiger partial charge in [0.05, 0.1) is 0 Å². The van der Waals surface area contributed by atoms with Crippen molar-refractivity contribution < 1.29 is 0 Å². The molecule has 3 unspecified atom stereocenters. The molecule has 3 atom stereocenters. The van der Waals surface area contributed by atoms with Crippen LogP contribution in [0.2, 0.25) is 0 Å². The van der Waals surface area contributed by atoms with E-state index in [4.69, 9.17) is 0 Å². The van der Waals surface area contributed by atoms with Gasteiger partial charge in [-0.15, -0.1) is 0 Å². The van der Waals surface area contributed by atoms with E-state index in [-0.39, 0.29) is 0 Å². The molecule has 0 heteroatoms. The van der Waals surface area contributed by atoms with E-state index in [1.54, 1.807) is 11.1 Å². The van der Waals surface area contributed by atoms with Crippen LogP contribution in [-0.4, -0.2) is 0 Å². The first-order valence-corrected chi connectivity index (χ1v) is 11.1. The fraction of sp³-hybridized carbons (Fsp3) is 0.500. The summed E-state index contributed by atoms with van der Waals surface area (Å²) in [6.45, 7) is 17.1. The normalized spacial score (nSPS) is 23.2. The first-order valence-electron chi connectivity index (χ1n) is 11.1. The highest BCUT2D eigenvalue weighted by Crippen LogP contribution is 2.55. The lowest BCUT2D eigenvalue weighted by Gasteiger charge is -2.51. The predicted molar refractivity (Wildman–Crippen MR) is 124 cm³/mol. The zero-order chi connectivity index (χ0) is 20.3. The summed E-state index contributed by atoms with van der Waals surface area (Å²) in [5.41, 5.74) is 3.86. The summed E-state index contributed by atoms with van der Waals surface area (Å²) >= 11 is 0. The van der Waals surface area contributed by atoms with Crippen LogP contribution in [0.15, 0.2) is 48.5 Å². The number of hydrogen-bond acceptors (Lipinski definition) is 0. The molecule has 1 aliphatic rings. The van der Waals surface area contributed by atoms with Crippen molar-refractivity contribution in [2.45, 2.75) is 67.2 Å². The highest BCUT2D eigenvalue weighted by atomic mass is 14.5. The minimum atomic E-state index is 0.308. The quantitative estimate of drug-likeness (QED) is 0.376. The Labute approximate surface area is 171 Å². The zero-order valence-corrected chi connectivity index (χ0v) is 18.8. The van der Waals surface area contributed by atoms with Crippen molar-refractivity contribution in [3.63, 3.8) is 0 Å². The summed E-state index contributed by atoms with van der Waals surface area (Å²) < 4.78 is 0. The van der Waals surface area contributed by atoms with Crippen LogP contribution in [0.3, 0.4) is 0 Å². The van der Waals surface area contributed by atoms with Crippen molar-refractivity contribution in [3.8, 4) is 0 Å². The van der Waals surface area contributed by atoms with Crippen LogP contribution in [-0.2, 0) is 6.42 Å². The van der Waals surface area contributed by atoms with Gasteiger partial charge in [0.25, 0.3) is 0 Å². The summed E-state index contributed by atoms with van der Waals surface area (Å²) in [6, 6.07) is 18.4. The topological polar surface area (TPSA) is 0 Å². The Kier molecular flexibility index (Phi) is 4.60. The van der Waals surface area contributed by atoms with E-state index in [1.165, 1.54) is 34.4 Å². The zero-order valence-electron chi connectivity index (χ0n) is 18.8. The molecule has 0 N–H and O–H groups in total. The third kappa shape index (κ3) is 3.06. The molecule has 0 nitrogen and oxygen atoms in total. The number of benzene rings is 3. The molecule has 0 saturated heterocycles. The molecular formula is C28H36. The van der Waals surface area contributed by atoms with Gasteiger partial charge >= 0.3 is 0 Å². The summed E-state index contributed by atoms with van der Waals surface area (Å²) in [5, 5.41) is 5.64. The van der Waals surface area contributed by atoms with Gasteiger partial charge < -0.3 is 0 Å². The molecule has 0 spiro atoms. The monoisotopic (exact) mass is 372 g/mol. The molecule has 0 aromatic heterocycles. The van der Waals surface area contributed by atoms with Gasteiger partial charge in [-0.05, 0) is 74.1 Å². The third-order valence-corrected chi connectivity index (χ3v) is 7.32. The highest BCUT2D eigenvalue weighted by molar-refractivity contribution is 6.08. The smallest absolute Gasteiger partial charge is 0.0102 e. The molecule has 28 heavy (non-hydrogen) atoms. The Morgan fingerprint density at radius 3 is 2.07 bits per heavy atom. The molecule has 0 heterocycles. The summed E-state index contributed by atoms with van der Waals surface area (Å²) in [5.74, 6) is 2.05. The van der Waals surface area contributed by atoms with Gasteiger partial charge in [-0.1, -0.05) is 97.0 Å². The van der Waals surface area contributed by atoms with Gasteiger partial charge in [0.1, 0.15) is 0 Å². The van der Waals surface area contributed by atoms with Crippen LogP contribution < -0.4 is 0 Å². The van der Waals surface area contributed by atoms with E-state index >= 15 is 0 Å². The number of fused-ring (bicyclic) bond motifs is 5. The molecule has 3 aromatic rings. The maximum atomic E-state index is 2.47. The molecule has 0 radical (unpaired) electrons. The summed E-state index contributed by atoms with van der Waals surface area (Å²) in [6.07, 6.45) is 2.42. The van der Waals surface area contributed by atoms with E-state index in [2.05, 4.69) is 97.0 Å². The second-order valence-corrected chi connectivity index (χ2v) is 11.1. The molecule has 0 amide bonds. The van der Waals surface area contributed by atoms with Crippen molar-refractivity contribution in [2.24, 2.45) is 22.7 Å². The Hall–Kier alpha value is -1.82. The average molecular weight is 373 g/mol. The van der Waals surface area contributed by atoms with Gasteiger partial charge in [0.2, 0.25) is 0 Å². The van der Waals surface area contributed by atoms with Gasteiger partial charge in [0, 0.05) is 0 Å². The Bertz CT molecular complexity index is 1010. The van der Waals surface area contributed by atoms with E-state index in [9.17, 15) is 0 Å². The minimum absolute atomic E-state index is 0.308. The van der Waals surface area contributed by atoms with E-state index in [0.29, 0.717) is 28.6 Å². The van der Waals surface area contributed by atoms with Crippen molar-refractivity contribution in [1.29, 1.82) is 0 Å². The lowest BCUT2D eigenvalue weighted by atomic mass is 9.53. The van der Waals surface area contributed by atoms with Gasteiger partial charge in [-0.2, -0.15) is 0 Å². The summed E-state index contributed by atoms with van der Waals surface area (Å²) in [4.78, 5) is 0. The molecule has 0 fully saturated rings. The fourth-order valence-corrected chi connectivity index (χ4v) is 6.09. The van der Waals surface area contributed by atoms with Crippen LogP contribution in [0, 0.1) is 22.7 Å². The van der Waals surface area contributed by atoms with E-state index < -0.39 is 0 Å². The van der Waals surface area contributed by atoms with Gasteiger partial charge in [-0.3, -0.25) is 0 Å². The van der Waals surface area contributed by atoms with Gasteiger partial charge in [0.15, 0.2) is 0 Å². The van der Waals surface area contributed by atoms with Crippen LogP contribution in [0.1, 0.15) is 71.9 Å². The minimum Gasteiger partial charge on any atom is -0.0648 e. The van der Waals surface area contributed by atoms with Crippen LogP contribution >= 0.6 is 0 Å². The third-order valence-electron chi connectivity index (χ3n) is 7.32. The Morgan fingerprint density at radius 1 is 0.750 bits per heavy atom. The van der Waals surface area contributed by atoms with Crippen molar-refractivity contribution >= 4 is 21.5 Å². The maximum Gasteiger partial charge on any atom is -0.0102 e. The van der Waals surface area contributed by atoms with Crippen LogP contribution in [0.5, 0.6) is 0 Å². The second-order valence-electron chi connectivity index (χ2n) is 11.1. The van der Waals surface area contributed by atoms with E-state index in [1.807, 2.05) is 0 Å². The van der Waals surface area contributed by atoms with E-state index in [0.717, 1.165) is 0 Å². The largest absolute Gasteiger partial charge is 0.0648 e. The standard InChI is InChI=1S/C28H36/c1-8-19-21-15-16-22-20-12-10-9-11-18(20)13-14-23(22)24(21)17-25(27(2,3)4)26(19)28(5,6)7/h9-16,19,25-26H,8,17H2,1-7H3. The number of rotatable bonds is 1. The average Bonchev–Trinajstić information content (AvgIpc) is 2.64. The molecule has 0 bridgehead atoms. The highest BCUT2D eigenvalue weighted by Gasteiger charge is 2.46. The predicted octanol–water partition coefficient (Wildman–Crippen LogP) is 8.37. The lowest BCUT2D eigenvalue weighted by molar-refractivity contribution is 0.0385. The molecule has 4 rings (SSSR count). The molecule has 0 aliphatic heterocycles. The first-order chi connectivity index (χ1) is 13.1. The molecule has 3 aromatic carbocycles. The Morgan fingerprint density at radius 2 is 1.43 bits per heavy atom. The van der Waals surface area contributed by atoms with Crippen molar-refractivity contribution in [3.05, 3.63) is 59.7 Å². The SMILES string of the molecule is CCC1c2ccc3c(ccc4ccccc43)c2CC(C(C)(C)C)C1C(C)(C)C. The Balaban J connectivity index is 2.00. The van der Waals surface area contributed by atoms with Crippen LogP contribution in [0.4, 0.5) is 0 Å². The lowest BCUT2D eigenvalue weighted by Crippen LogP contribution is -2.43.